The minimum absolute atomic E-state index is 0.0536. The summed E-state index contributed by atoms with van der Waals surface area (Å²) in [4.78, 5) is 24.4. The fourth-order valence-corrected chi connectivity index (χ4v) is 2.05. The molecule has 0 aromatic heterocycles. The van der Waals surface area contributed by atoms with Gasteiger partial charge in [0.1, 0.15) is 11.6 Å². The average Bonchev–Trinajstić information content (AvgIpc) is 2.66. The molecule has 1 aliphatic rings. The first-order chi connectivity index (χ1) is 9.81. The van der Waals surface area contributed by atoms with E-state index in [2.05, 4.69) is 4.74 Å². The molecule has 1 saturated heterocycles. The van der Waals surface area contributed by atoms with Crippen LogP contribution in [0.15, 0.2) is 0 Å². The maximum Gasteiger partial charge on any atom is 0.419 e. The number of likely N-dealkylation sites (tertiary alicyclic amines) is 1. The standard InChI is InChI=1S/C13H20F3NO5/c1-5-21-9(18)8-6-12(20,13(14,15)16)7-17(8)10(19)22-11(2,3)4/h8,20H,5-7H2,1-4H3. The molecule has 1 amide bonds. The van der Waals surface area contributed by atoms with E-state index < -0.39 is 48.4 Å². The predicted molar refractivity (Wildman–Crippen MR) is 69.0 cm³/mol. The van der Waals surface area contributed by atoms with Crippen LogP contribution in [0, 0.1) is 0 Å². The molecule has 2 atom stereocenters. The summed E-state index contributed by atoms with van der Waals surface area (Å²) in [5.41, 5.74) is -4.11. The summed E-state index contributed by atoms with van der Waals surface area (Å²) >= 11 is 0. The number of hydrogen-bond donors (Lipinski definition) is 1. The summed E-state index contributed by atoms with van der Waals surface area (Å²) < 4.78 is 48.5. The van der Waals surface area contributed by atoms with Gasteiger partial charge in [-0.05, 0) is 27.7 Å². The van der Waals surface area contributed by atoms with Crippen molar-refractivity contribution >= 4 is 12.1 Å². The predicted octanol–water partition coefficient (Wildman–Crippen LogP) is 1.85. The molecule has 1 heterocycles. The summed E-state index contributed by atoms with van der Waals surface area (Å²) in [6.45, 7) is 4.97. The number of aliphatic hydroxyl groups is 1. The summed E-state index contributed by atoms with van der Waals surface area (Å²) in [6, 6.07) is -1.54. The first kappa shape index (κ1) is 18.5. The van der Waals surface area contributed by atoms with Crippen molar-refractivity contribution in [2.75, 3.05) is 13.2 Å². The minimum atomic E-state index is -4.98. The molecule has 1 N–H and O–H groups in total. The molecule has 128 valence electrons. The second-order valence-corrected chi connectivity index (χ2v) is 6.11. The van der Waals surface area contributed by atoms with Gasteiger partial charge in [-0.1, -0.05) is 0 Å². The molecule has 1 fully saturated rings. The highest BCUT2D eigenvalue weighted by atomic mass is 19.4. The van der Waals surface area contributed by atoms with Crippen molar-refractivity contribution in [3.8, 4) is 0 Å². The van der Waals surface area contributed by atoms with Crippen molar-refractivity contribution in [3.63, 3.8) is 0 Å². The SMILES string of the molecule is CCOC(=O)C1CC(O)(C(F)(F)F)CN1C(=O)OC(C)(C)C. The zero-order valence-electron chi connectivity index (χ0n) is 12.9. The topological polar surface area (TPSA) is 76.1 Å². The van der Waals surface area contributed by atoms with Crippen LogP contribution in [0.1, 0.15) is 34.1 Å². The third kappa shape index (κ3) is 4.02. The maximum absolute atomic E-state index is 13.0. The lowest BCUT2D eigenvalue weighted by molar-refractivity contribution is -0.253. The molecule has 1 aliphatic heterocycles. The number of hydrogen-bond acceptors (Lipinski definition) is 5. The number of ether oxygens (including phenoxy) is 2. The molecule has 2 unspecified atom stereocenters. The first-order valence-corrected chi connectivity index (χ1v) is 6.76. The van der Waals surface area contributed by atoms with E-state index in [4.69, 9.17) is 4.74 Å². The number of β-amino-alcohol motifs (C(OH)–C–C–N with tert-alkyl or cyclic N) is 1. The molecule has 0 radical (unpaired) electrons. The monoisotopic (exact) mass is 327 g/mol. The van der Waals surface area contributed by atoms with E-state index in [1.54, 1.807) is 0 Å². The Morgan fingerprint density at radius 2 is 1.86 bits per heavy atom. The molecule has 22 heavy (non-hydrogen) atoms. The molecule has 0 aromatic rings. The Morgan fingerprint density at radius 3 is 2.27 bits per heavy atom. The smallest absolute Gasteiger partial charge is 0.419 e. The number of rotatable bonds is 2. The number of halogens is 3. The molecule has 0 bridgehead atoms. The summed E-state index contributed by atoms with van der Waals surface area (Å²) in [7, 11) is 0. The third-order valence-electron chi connectivity index (χ3n) is 3.05. The normalized spacial score (nSPS) is 26.0. The summed E-state index contributed by atoms with van der Waals surface area (Å²) in [5.74, 6) is -1.01. The Hall–Kier alpha value is -1.51. The molecule has 9 heteroatoms. The van der Waals surface area contributed by atoms with Gasteiger partial charge in [0.25, 0.3) is 0 Å². The van der Waals surface area contributed by atoms with Crippen LogP contribution in [0.4, 0.5) is 18.0 Å². The number of carbonyl (C=O) groups excluding carboxylic acids is 2. The van der Waals surface area contributed by atoms with Gasteiger partial charge >= 0.3 is 18.2 Å². The number of esters is 1. The Bertz CT molecular complexity index is 446. The second kappa shape index (κ2) is 5.94. The molecule has 0 spiro atoms. The van der Waals surface area contributed by atoms with Gasteiger partial charge in [-0.2, -0.15) is 13.2 Å². The number of nitrogens with zero attached hydrogens (tertiary/aromatic N) is 1. The number of carbonyl (C=O) groups is 2. The highest BCUT2D eigenvalue weighted by molar-refractivity contribution is 5.82. The van der Waals surface area contributed by atoms with Crippen molar-refractivity contribution in [2.45, 2.75) is 57.5 Å². The summed E-state index contributed by atoms with van der Waals surface area (Å²) in [6.07, 6.45) is -7.06. The van der Waals surface area contributed by atoms with E-state index in [1.807, 2.05) is 0 Å². The quantitative estimate of drug-likeness (QED) is 0.784. The van der Waals surface area contributed by atoms with Crippen LogP contribution in [-0.2, 0) is 14.3 Å². The Morgan fingerprint density at radius 1 is 1.32 bits per heavy atom. The van der Waals surface area contributed by atoms with Crippen molar-refractivity contribution in [3.05, 3.63) is 0 Å². The second-order valence-electron chi connectivity index (χ2n) is 6.11. The van der Waals surface area contributed by atoms with Gasteiger partial charge in [-0.25, -0.2) is 9.59 Å². The minimum Gasteiger partial charge on any atom is -0.464 e. The molecule has 0 saturated carbocycles. The van der Waals surface area contributed by atoms with Gasteiger partial charge in [0.15, 0.2) is 5.60 Å². The Labute approximate surface area is 126 Å². The van der Waals surface area contributed by atoms with Crippen LogP contribution in [0.25, 0.3) is 0 Å². The van der Waals surface area contributed by atoms with Gasteiger partial charge in [-0.15, -0.1) is 0 Å². The van der Waals surface area contributed by atoms with Gasteiger partial charge in [-0.3, -0.25) is 4.90 Å². The average molecular weight is 327 g/mol. The van der Waals surface area contributed by atoms with Gasteiger partial charge < -0.3 is 14.6 Å². The van der Waals surface area contributed by atoms with Crippen LogP contribution >= 0.6 is 0 Å². The fraction of sp³-hybridized carbons (Fsp3) is 0.846. The Kier molecular flexibility index (Phi) is 5.01. The third-order valence-corrected chi connectivity index (χ3v) is 3.05. The van der Waals surface area contributed by atoms with E-state index in [-0.39, 0.29) is 6.61 Å². The first-order valence-electron chi connectivity index (χ1n) is 6.76. The molecular weight excluding hydrogens is 307 g/mol. The molecule has 0 aliphatic carbocycles. The zero-order chi connectivity index (χ0) is 17.3. The van der Waals surface area contributed by atoms with Crippen LogP contribution in [-0.4, -0.2) is 58.6 Å². The van der Waals surface area contributed by atoms with E-state index in [1.165, 1.54) is 27.7 Å². The lowest BCUT2D eigenvalue weighted by Gasteiger charge is -2.28. The molecular formula is C13H20F3NO5. The summed E-state index contributed by atoms with van der Waals surface area (Å²) in [5, 5.41) is 9.75. The van der Waals surface area contributed by atoms with E-state index in [9.17, 15) is 27.9 Å². The van der Waals surface area contributed by atoms with Crippen molar-refractivity contribution in [2.24, 2.45) is 0 Å². The van der Waals surface area contributed by atoms with Gasteiger partial charge in [0.2, 0.25) is 0 Å². The van der Waals surface area contributed by atoms with E-state index >= 15 is 0 Å². The zero-order valence-corrected chi connectivity index (χ0v) is 12.9. The lowest BCUT2D eigenvalue weighted by atomic mass is 10.00. The lowest BCUT2D eigenvalue weighted by Crippen LogP contribution is -2.48. The number of alkyl halides is 3. The highest BCUT2D eigenvalue weighted by Gasteiger charge is 2.63. The largest absolute Gasteiger partial charge is 0.464 e. The van der Waals surface area contributed by atoms with Crippen molar-refractivity contribution < 1.29 is 37.3 Å². The number of amides is 1. The van der Waals surface area contributed by atoms with Crippen LogP contribution < -0.4 is 0 Å². The molecule has 6 nitrogen and oxygen atoms in total. The molecule has 0 aromatic carbocycles. The van der Waals surface area contributed by atoms with Crippen LogP contribution in [0.2, 0.25) is 0 Å². The maximum atomic E-state index is 13.0. The Balaban J connectivity index is 3.05. The van der Waals surface area contributed by atoms with Gasteiger partial charge in [0.05, 0.1) is 13.2 Å². The fourth-order valence-electron chi connectivity index (χ4n) is 2.05. The van der Waals surface area contributed by atoms with Crippen LogP contribution in [0.3, 0.4) is 0 Å². The van der Waals surface area contributed by atoms with Gasteiger partial charge in [0, 0.05) is 6.42 Å². The van der Waals surface area contributed by atoms with E-state index in [0.717, 1.165) is 0 Å². The highest BCUT2D eigenvalue weighted by Crippen LogP contribution is 2.41. The molecule has 1 rings (SSSR count). The van der Waals surface area contributed by atoms with E-state index in [0.29, 0.717) is 4.90 Å². The van der Waals surface area contributed by atoms with Crippen molar-refractivity contribution in [1.82, 2.24) is 4.90 Å². The van der Waals surface area contributed by atoms with Crippen molar-refractivity contribution in [1.29, 1.82) is 0 Å². The van der Waals surface area contributed by atoms with Crippen LogP contribution in [0.5, 0.6) is 0 Å².